The van der Waals surface area contributed by atoms with Gasteiger partial charge in [0.2, 0.25) is 0 Å². The average molecular weight is 417 g/mol. The lowest BCUT2D eigenvalue weighted by molar-refractivity contribution is -0.137. The van der Waals surface area contributed by atoms with E-state index in [1.54, 1.807) is 23.0 Å². The molecule has 0 bridgehead atoms. The summed E-state index contributed by atoms with van der Waals surface area (Å²) >= 11 is 0. The summed E-state index contributed by atoms with van der Waals surface area (Å²) in [5.41, 5.74) is 1.41. The quantitative estimate of drug-likeness (QED) is 0.650. The Morgan fingerprint density at radius 1 is 1.20 bits per heavy atom. The van der Waals surface area contributed by atoms with E-state index in [-0.39, 0.29) is 18.5 Å². The highest BCUT2D eigenvalue weighted by Crippen LogP contribution is 2.34. The molecule has 3 heterocycles. The molecule has 1 aromatic carbocycles. The fourth-order valence-electron chi connectivity index (χ4n) is 3.54. The van der Waals surface area contributed by atoms with Gasteiger partial charge in [0.15, 0.2) is 5.49 Å². The topological polar surface area (TPSA) is 75.7 Å². The number of hydrogen-bond acceptors (Lipinski definition) is 4. The molecule has 0 saturated heterocycles. The molecule has 1 aliphatic rings. The molecule has 0 aliphatic carbocycles. The summed E-state index contributed by atoms with van der Waals surface area (Å²) in [5, 5.41) is 14.1. The van der Waals surface area contributed by atoms with Crippen LogP contribution in [0.25, 0.3) is 11.1 Å². The number of alkyl halides is 3. The second kappa shape index (κ2) is 7.05. The van der Waals surface area contributed by atoms with Crippen LogP contribution < -0.4 is 10.4 Å². The second-order valence-corrected chi connectivity index (χ2v) is 7.00. The van der Waals surface area contributed by atoms with Crippen molar-refractivity contribution >= 4 is 11.6 Å². The highest BCUT2D eigenvalue weighted by molar-refractivity contribution is 6.09. The highest BCUT2D eigenvalue weighted by atomic mass is 19.4. The first-order valence-corrected chi connectivity index (χ1v) is 9.12. The summed E-state index contributed by atoms with van der Waals surface area (Å²) < 4.78 is 41.1. The van der Waals surface area contributed by atoms with Crippen LogP contribution in [0.4, 0.5) is 18.9 Å². The predicted molar refractivity (Wildman–Crippen MR) is 102 cm³/mol. The van der Waals surface area contributed by atoms with E-state index < -0.39 is 11.7 Å². The second-order valence-electron chi connectivity index (χ2n) is 7.00. The first-order valence-electron chi connectivity index (χ1n) is 9.12. The maximum Gasteiger partial charge on any atom is 0.416 e. The first-order chi connectivity index (χ1) is 14.2. The molecule has 2 aromatic heterocycles. The van der Waals surface area contributed by atoms with Gasteiger partial charge in [-0.25, -0.2) is 0 Å². The van der Waals surface area contributed by atoms with Crippen LogP contribution in [-0.2, 0) is 6.18 Å². The summed E-state index contributed by atoms with van der Waals surface area (Å²) in [4.78, 5) is 18.7. The third-order valence-electron chi connectivity index (χ3n) is 5.07. The Balaban J connectivity index is 1.77. The van der Waals surface area contributed by atoms with E-state index in [4.69, 9.17) is 0 Å². The van der Waals surface area contributed by atoms with Gasteiger partial charge in [-0.1, -0.05) is 0 Å². The first kappa shape index (κ1) is 19.7. The number of halogens is 3. The molecule has 0 unspecified atom stereocenters. The standard InChI is InChI=1S/C20H18F3N5O2/c1-12-11-26(15-5-3-14(4-6-15)20(21,22)23)19(29)18-16(10-25-28(12)18)13-7-8-27(30)17(9-13)24-2/h3-10,12,30H,11H2,1-2H3/t12-/m0/s1. The third-order valence-corrected chi connectivity index (χ3v) is 5.07. The Bertz CT molecular complexity index is 1180. The van der Waals surface area contributed by atoms with Crippen molar-refractivity contribution in [3.05, 3.63) is 65.5 Å². The highest BCUT2D eigenvalue weighted by Gasteiger charge is 2.35. The van der Waals surface area contributed by atoms with Gasteiger partial charge in [0, 0.05) is 31.0 Å². The van der Waals surface area contributed by atoms with E-state index in [9.17, 15) is 23.2 Å². The summed E-state index contributed by atoms with van der Waals surface area (Å²) in [5.74, 6) is -0.365. The van der Waals surface area contributed by atoms with E-state index >= 15 is 0 Å². The van der Waals surface area contributed by atoms with Gasteiger partial charge in [-0.05, 0) is 48.9 Å². The van der Waals surface area contributed by atoms with Gasteiger partial charge in [-0.3, -0.25) is 14.5 Å². The minimum atomic E-state index is -4.44. The van der Waals surface area contributed by atoms with E-state index in [2.05, 4.69) is 10.1 Å². The lowest BCUT2D eigenvalue weighted by Crippen LogP contribution is -2.42. The molecule has 1 N–H and O–H groups in total. The van der Waals surface area contributed by atoms with Crippen LogP contribution in [0, 0.1) is 0 Å². The number of hydrogen-bond donors (Lipinski definition) is 1. The third kappa shape index (κ3) is 3.23. The zero-order chi connectivity index (χ0) is 21.6. The summed E-state index contributed by atoms with van der Waals surface area (Å²) in [6, 6.07) is 7.58. The molecular formula is C20H18F3N5O2. The zero-order valence-electron chi connectivity index (χ0n) is 16.1. The average Bonchev–Trinajstić information content (AvgIpc) is 3.17. The van der Waals surface area contributed by atoms with Gasteiger partial charge in [-0.2, -0.15) is 23.0 Å². The number of fused-ring (bicyclic) bond motifs is 1. The van der Waals surface area contributed by atoms with Crippen molar-refractivity contribution in [2.45, 2.75) is 19.1 Å². The molecule has 0 radical (unpaired) electrons. The fourth-order valence-corrected chi connectivity index (χ4v) is 3.54. The van der Waals surface area contributed by atoms with Gasteiger partial charge in [0.05, 0.1) is 17.8 Å². The maximum atomic E-state index is 13.3. The van der Waals surface area contributed by atoms with Crippen LogP contribution >= 0.6 is 0 Å². The number of amides is 1. The van der Waals surface area contributed by atoms with Gasteiger partial charge in [-0.15, -0.1) is 0 Å². The van der Waals surface area contributed by atoms with E-state index in [0.29, 0.717) is 28.0 Å². The minimum absolute atomic E-state index is 0.185. The Hall–Kier alpha value is -3.56. The Morgan fingerprint density at radius 3 is 2.53 bits per heavy atom. The SMILES string of the molecule is CN=c1cc(-c2cnn3c2C(=O)N(c2ccc(C(F)(F)F)cc2)C[C@@H]3C)ccn1O. The van der Waals surface area contributed by atoms with Crippen LogP contribution in [0.3, 0.4) is 0 Å². The number of carbonyl (C=O) groups is 1. The molecular weight excluding hydrogens is 399 g/mol. The normalized spacial score (nSPS) is 17.4. The van der Waals surface area contributed by atoms with Crippen molar-refractivity contribution in [2.24, 2.45) is 4.99 Å². The Morgan fingerprint density at radius 2 is 1.90 bits per heavy atom. The number of carbonyl (C=O) groups excluding carboxylic acids is 1. The number of pyridine rings is 1. The molecule has 0 spiro atoms. The van der Waals surface area contributed by atoms with Crippen molar-refractivity contribution in [3.63, 3.8) is 0 Å². The van der Waals surface area contributed by atoms with E-state index in [0.717, 1.165) is 16.9 Å². The van der Waals surface area contributed by atoms with E-state index in [1.165, 1.54) is 30.3 Å². The molecule has 1 amide bonds. The monoisotopic (exact) mass is 417 g/mol. The molecule has 0 fully saturated rings. The largest absolute Gasteiger partial charge is 0.427 e. The lowest BCUT2D eigenvalue weighted by atomic mass is 10.0. The fraction of sp³-hybridized carbons (Fsp3) is 0.250. The molecule has 10 heteroatoms. The lowest BCUT2D eigenvalue weighted by Gasteiger charge is -2.32. The number of aromatic nitrogens is 3. The summed E-state index contributed by atoms with van der Waals surface area (Å²) in [7, 11) is 1.53. The van der Waals surface area contributed by atoms with Crippen LogP contribution in [0.15, 0.2) is 53.8 Å². The number of benzene rings is 1. The van der Waals surface area contributed by atoms with Crippen molar-refractivity contribution in [2.75, 3.05) is 18.5 Å². The van der Waals surface area contributed by atoms with Crippen molar-refractivity contribution in [3.8, 4) is 11.1 Å². The Labute approximate surface area is 169 Å². The van der Waals surface area contributed by atoms with Crippen molar-refractivity contribution < 1.29 is 23.2 Å². The molecule has 156 valence electrons. The van der Waals surface area contributed by atoms with Crippen molar-refractivity contribution in [1.82, 2.24) is 14.5 Å². The van der Waals surface area contributed by atoms with E-state index in [1.807, 2.05) is 6.92 Å². The Kier molecular flexibility index (Phi) is 4.64. The molecule has 3 aromatic rings. The van der Waals surface area contributed by atoms with Crippen LogP contribution in [-0.4, -0.2) is 39.2 Å². The molecule has 7 nitrogen and oxygen atoms in total. The van der Waals surface area contributed by atoms with Gasteiger partial charge in [0.1, 0.15) is 5.69 Å². The van der Waals surface area contributed by atoms with Crippen LogP contribution in [0.5, 0.6) is 0 Å². The van der Waals surface area contributed by atoms with Gasteiger partial charge in [0.25, 0.3) is 5.91 Å². The van der Waals surface area contributed by atoms with Crippen molar-refractivity contribution in [1.29, 1.82) is 0 Å². The number of nitrogens with zero attached hydrogens (tertiary/aromatic N) is 5. The van der Waals surface area contributed by atoms with Crippen LogP contribution in [0.2, 0.25) is 0 Å². The smallest absolute Gasteiger partial charge is 0.416 e. The number of rotatable bonds is 2. The molecule has 30 heavy (non-hydrogen) atoms. The molecule has 1 atom stereocenters. The minimum Gasteiger partial charge on any atom is -0.427 e. The van der Waals surface area contributed by atoms with Gasteiger partial charge < -0.3 is 10.1 Å². The number of anilines is 1. The molecule has 4 rings (SSSR count). The summed E-state index contributed by atoms with van der Waals surface area (Å²) in [6.07, 6.45) is -1.47. The predicted octanol–water partition coefficient (Wildman–Crippen LogP) is 3.36. The zero-order valence-corrected chi connectivity index (χ0v) is 16.1. The summed E-state index contributed by atoms with van der Waals surface area (Å²) in [6.45, 7) is 2.16. The van der Waals surface area contributed by atoms with Crippen LogP contribution in [0.1, 0.15) is 29.0 Å². The molecule has 1 aliphatic heterocycles. The maximum absolute atomic E-state index is 13.3. The van der Waals surface area contributed by atoms with Gasteiger partial charge >= 0.3 is 6.18 Å². The molecule has 0 saturated carbocycles.